The van der Waals surface area contributed by atoms with E-state index in [4.69, 9.17) is 0 Å². The Bertz CT molecular complexity index is 606. The summed E-state index contributed by atoms with van der Waals surface area (Å²) in [7, 11) is 0. The van der Waals surface area contributed by atoms with Crippen molar-refractivity contribution in [2.75, 3.05) is 0 Å². The highest BCUT2D eigenvalue weighted by Gasteiger charge is 2.20. The molecule has 0 radical (unpaired) electrons. The third-order valence-electron chi connectivity index (χ3n) is 3.76. The first-order valence-corrected chi connectivity index (χ1v) is 7.82. The molecule has 20 heavy (non-hydrogen) atoms. The number of carbonyl (C=O) groups excluding carboxylic acids is 1. The summed E-state index contributed by atoms with van der Waals surface area (Å²) in [5, 5.41) is 2.98. The van der Waals surface area contributed by atoms with Crippen molar-refractivity contribution in [3.63, 3.8) is 0 Å². The zero-order valence-corrected chi connectivity index (χ0v) is 12.4. The van der Waals surface area contributed by atoms with Crippen molar-refractivity contribution >= 4 is 17.2 Å². The van der Waals surface area contributed by atoms with Gasteiger partial charge in [0.15, 0.2) is 0 Å². The van der Waals surface area contributed by atoms with E-state index in [1.54, 1.807) is 23.7 Å². The number of hydrogen-bond donors (Lipinski definition) is 1. The highest BCUT2D eigenvalue weighted by molar-refractivity contribution is 7.14. The zero-order valence-electron chi connectivity index (χ0n) is 11.6. The third-order valence-corrected chi connectivity index (χ3v) is 4.99. The smallest absolute Gasteiger partial charge is 0.261 e. The summed E-state index contributed by atoms with van der Waals surface area (Å²) >= 11 is 1.66. The number of aryl methyl sites for hydroxylation is 1. The van der Waals surface area contributed by atoms with Crippen molar-refractivity contribution in [1.29, 1.82) is 0 Å². The maximum atomic E-state index is 12.2. The second kappa shape index (κ2) is 5.75. The Balaban J connectivity index is 1.66. The summed E-state index contributed by atoms with van der Waals surface area (Å²) in [6.07, 6.45) is 6.97. The number of fused-ring (bicyclic) bond motifs is 1. The number of nitrogens with zero attached hydrogens (tertiary/aromatic N) is 1. The molecular formula is C16H18N2OS. The molecule has 1 aliphatic carbocycles. The Hall–Kier alpha value is -1.68. The Morgan fingerprint density at radius 1 is 1.45 bits per heavy atom. The molecule has 0 saturated heterocycles. The van der Waals surface area contributed by atoms with Crippen LogP contribution in [0, 0.1) is 5.92 Å². The van der Waals surface area contributed by atoms with Gasteiger partial charge in [-0.2, -0.15) is 0 Å². The Morgan fingerprint density at radius 2 is 2.25 bits per heavy atom. The molecule has 2 aromatic rings. The van der Waals surface area contributed by atoms with Crippen LogP contribution in [0.1, 0.15) is 39.0 Å². The summed E-state index contributed by atoms with van der Waals surface area (Å²) in [6.45, 7) is 2.84. The molecule has 2 aromatic heterocycles. The highest BCUT2D eigenvalue weighted by atomic mass is 32.1. The van der Waals surface area contributed by atoms with Crippen molar-refractivity contribution < 1.29 is 4.79 Å². The monoisotopic (exact) mass is 286 g/mol. The van der Waals surface area contributed by atoms with Gasteiger partial charge in [-0.1, -0.05) is 6.92 Å². The van der Waals surface area contributed by atoms with E-state index in [2.05, 4.69) is 23.3 Å². The fraction of sp³-hybridized carbons (Fsp3) is 0.375. The van der Waals surface area contributed by atoms with Gasteiger partial charge in [0.05, 0.1) is 4.88 Å². The van der Waals surface area contributed by atoms with Crippen LogP contribution in [-0.4, -0.2) is 10.9 Å². The van der Waals surface area contributed by atoms with Crippen LogP contribution < -0.4 is 5.32 Å². The molecule has 0 aromatic carbocycles. The molecule has 104 valence electrons. The maximum absolute atomic E-state index is 12.2. The Kier molecular flexibility index (Phi) is 3.83. The number of thiophene rings is 1. The van der Waals surface area contributed by atoms with Crippen LogP contribution in [-0.2, 0) is 19.4 Å². The molecular weight excluding hydrogens is 268 g/mol. The van der Waals surface area contributed by atoms with Gasteiger partial charge < -0.3 is 5.32 Å². The van der Waals surface area contributed by atoms with E-state index in [0.29, 0.717) is 6.54 Å². The fourth-order valence-corrected chi connectivity index (χ4v) is 3.71. The van der Waals surface area contributed by atoms with E-state index in [1.807, 2.05) is 12.1 Å². The van der Waals surface area contributed by atoms with Crippen LogP contribution in [0.5, 0.6) is 0 Å². The predicted molar refractivity (Wildman–Crippen MR) is 80.9 cm³/mol. The topological polar surface area (TPSA) is 42.0 Å². The number of amides is 1. The molecule has 1 atom stereocenters. The number of hydrogen-bond acceptors (Lipinski definition) is 3. The molecule has 0 bridgehead atoms. The first kappa shape index (κ1) is 13.3. The SMILES string of the molecule is CC1CCc2sc(C(=O)NCc3ccncc3)cc2C1. The lowest BCUT2D eigenvalue weighted by Crippen LogP contribution is -2.21. The molecule has 3 nitrogen and oxygen atoms in total. The quantitative estimate of drug-likeness (QED) is 0.941. The summed E-state index contributed by atoms with van der Waals surface area (Å²) < 4.78 is 0. The van der Waals surface area contributed by atoms with Gasteiger partial charge in [-0.3, -0.25) is 9.78 Å². The summed E-state index contributed by atoms with van der Waals surface area (Å²) in [5.41, 5.74) is 2.45. The van der Waals surface area contributed by atoms with Crippen molar-refractivity contribution in [3.8, 4) is 0 Å². The number of aromatic nitrogens is 1. The van der Waals surface area contributed by atoms with Crippen molar-refractivity contribution in [3.05, 3.63) is 51.5 Å². The third kappa shape index (κ3) is 2.90. The zero-order chi connectivity index (χ0) is 13.9. The molecule has 0 saturated carbocycles. The fourth-order valence-electron chi connectivity index (χ4n) is 2.59. The van der Waals surface area contributed by atoms with Crippen molar-refractivity contribution in [1.82, 2.24) is 10.3 Å². The van der Waals surface area contributed by atoms with Crippen LogP contribution in [0.2, 0.25) is 0 Å². The van der Waals surface area contributed by atoms with E-state index in [0.717, 1.165) is 29.2 Å². The number of pyridine rings is 1. The van der Waals surface area contributed by atoms with Gasteiger partial charge in [0, 0.05) is 23.8 Å². The second-order valence-electron chi connectivity index (χ2n) is 5.45. The van der Waals surface area contributed by atoms with E-state index >= 15 is 0 Å². The lowest BCUT2D eigenvalue weighted by atomic mass is 9.90. The molecule has 3 rings (SSSR count). The van der Waals surface area contributed by atoms with Gasteiger partial charge >= 0.3 is 0 Å². The molecule has 0 spiro atoms. The Morgan fingerprint density at radius 3 is 3.05 bits per heavy atom. The summed E-state index contributed by atoms with van der Waals surface area (Å²) in [6, 6.07) is 5.92. The number of rotatable bonds is 3. The molecule has 0 aliphatic heterocycles. The van der Waals surface area contributed by atoms with E-state index in [-0.39, 0.29) is 5.91 Å². The van der Waals surface area contributed by atoms with E-state index in [1.165, 1.54) is 16.9 Å². The lowest BCUT2D eigenvalue weighted by Gasteiger charge is -2.16. The predicted octanol–water partition coefficient (Wildman–Crippen LogP) is 3.20. The average Bonchev–Trinajstić information content (AvgIpc) is 2.89. The molecule has 0 fully saturated rings. The van der Waals surface area contributed by atoms with Crippen LogP contribution in [0.25, 0.3) is 0 Å². The van der Waals surface area contributed by atoms with Crippen LogP contribution in [0.4, 0.5) is 0 Å². The summed E-state index contributed by atoms with van der Waals surface area (Å²) in [4.78, 5) is 18.4. The minimum atomic E-state index is 0.0360. The van der Waals surface area contributed by atoms with Gasteiger partial charge in [0.25, 0.3) is 5.91 Å². The van der Waals surface area contributed by atoms with Crippen LogP contribution >= 0.6 is 11.3 Å². The number of nitrogens with one attached hydrogen (secondary N) is 1. The largest absolute Gasteiger partial charge is 0.347 e. The van der Waals surface area contributed by atoms with Crippen LogP contribution in [0.3, 0.4) is 0 Å². The van der Waals surface area contributed by atoms with Crippen LogP contribution in [0.15, 0.2) is 30.6 Å². The normalized spacial score (nSPS) is 17.6. The van der Waals surface area contributed by atoms with E-state index < -0.39 is 0 Å². The highest BCUT2D eigenvalue weighted by Crippen LogP contribution is 2.32. The van der Waals surface area contributed by atoms with Gasteiger partial charge in [0.2, 0.25) is 0 Å². The standard InChI is InChI=1S/C16H18N2OS/c1-11-2-3-14-13(8-11)9-15(20-14)16(19)18-10-12-4-6-17-7-5-12/h4-7,9,11H,2-3,8,10H2,1H3,(H,18,19). The van der Waals surface area contributed by atoms with E-state index in [9.17, 15) is 4.79 Å². The maximum Gasteiger partial charge on any atom is 0.261 e. The molecule has 4 heteroatoms. The second-order valence-corrected chi connectivity index (χ2v) is 6.58. The minimum absolute atomic E-state index is 0.0360. The molecule has 2 heterocycles. The summed E-state index contributed by atoms with van der Waals surface area (Å²) in [5.74, 6) is 0.777. The molecule has 1 N–H and O–H groups in total. The van der Waals surface area contributed by atoms with Crippen molar-refractivity contribution in [2.24, 2.45) is 5.92 Å². The van der Waals surface area contributed by atoms with Crippen molar-refractivity contribution in [2.45, 2.75) is 32.7 Å². The molecule has 1 unspecified atom stereocenters. The van der Waals surface area contributed by atoms with Gasteiger partial charge in [-0.25, -0.2) is 0 Å². The average molecular weight is 286 g/mol. The molecule has 1 amide bonds. The number of carbonyl (C=O) groups is 1. The first-order chi connectivity index (χ1) is 9.72. The minimum Gasteiger partial charge on any atom is -0.347 e. The van der Waals surface area contributed by atoms with Gasteiger partial charge in [-0.15, -0.1) is 11.3 Å². The first-order valence-electron chi connectivity index (χ1n) is 7.01. The van der Waals surface area contributed by atoms with Gasteiger partial charge in [0.1, 0.15) is 0 Å². The van der Waals surface area contributed by atoms with Gasteiger partial charge in [-0.05, 0) is 54.5 Å². The molecule has 1 aliphatic rings. The Labute approximate surface area is 123 Å². The lowest BCUT2D eigenvalue weighted by molar-refractivity contribution is 0.0955.